The first-order chi connectivity index (χ1) is 34.2. The van der Waals surface area contributed by atoms with E-state index < -0.39 is 0 Å². The first-order valence-electron chi connectivity index (χ1n) is 23.0. The summed E-state index contributed by atoms with van der Waals surface area (Å²) in [7, 11) is 0. The minimum absolute atomic E-state index is 0. The van der Waals surface area contributed by atoms with Gasteiger partial charge in [0.15, 0.2) is 0 Å². The molecule has 0 aliphatic rings. The molecular weight excluding hydrogens is 1030 g/mol. The van der Waals surface area contributed by atoms with Crippen LogP contribution in [0.2, 0.25) is 0 Å². The van der Waals surface area contributed by atoms with Crippen molar-refractivity contribution in [2.75, 3.05) is 0 Å². The molecule has 0 unspecified atom stereocenters. The Kier molecular flexibility index (Phi) is 11.0. The number of aromatic nitrogens is 5. The van der Waals surface area contributed by atoms with Gasteiger partial charge in [0.2, 0.25) is 0 Å². The number of hydrogen-bond acceptors (Lipinski definition) is 4. The van der Waals surface area contributed by atoms with Crippen LogP contribution in [0.3, 0.4) is 0 Å². The van der Waals surface area contributed by atoms with Gasteiger partial charge in [0.05, 0.1) is 11.0 Å². The van der Waals surface area contributed by atoms with Gasteiger partial charge in [-0.2, -0.15) is 0 Å². The van der Waals surface area contributed by atoms with E-state index in [0.717, 1.165) is 128 Å². The van der Waals surface area contributed by atoms with E-state index in [1.807, 2.05) is 85.3 Å². The molecule has 0 spiro atoms. The van der Waals surface area contributed by atoms with Gasteiger partial charge in [-0.15, -0.1) is 101 Å². The Morgan fingerprint density at radius 1 is 0.357 bits per heavy atom. The largest absolute Gasteiger partial charge is 3.00 e. The van der Waals surface area contributed by atoms with Gasteiger partial charge in [-0.1, -0.05) is 109 Å². The average Bonchev–Trinajstić information content (AvgIpc) is 3.84. The van der Waals surface area contributed by atoms with Crippen LogP contribution in [0.1, 0.15) is 0 Å². The second-order valence-electron chi connectivity index (χ2n) is 17.2. The molecule has 6 heteroatoms. The fraction of sp³-hybridized carbons (Fsp3) is 0. The van der Waals surface area contributed by atoms with Crippen LogP contribution in [0.4, 0.5) is 0 Å². The van der Waals surface area contributed by atoms with E-state index in [2.05, 4.69) is 168 Å². The van der Waals surface area contributed by atoms with Crippen LogP contribution >= 0.6 is 0 Å². The third-order valence-corrected chi connectivity index (χ3v) is 13.1. The van der Waals surface area contributed by atoms with Crippen molar-refractivity contribution in [3.63, 3.8) is 0 Å². The molecule has 0 atom stereocenters. The summed E-state index contributed by atoms with van der Waals surface area (Å²) in [5.41, 5.74) is 21.3. The van der Waals surface area contributed by atoms with E-state index in [9.17, 15) is 0 Å². The molecule has 8 aromatic carbocycles. The van der Waals surface area contributed by atoms with Crippen molar-refractivity contribution in [1.82, 2.24) is 24.3 Å². The predicted molar refractivity (Wildman–Crippen MR) is 281 cm³/mol. The average molecular weight is 1070 g/mol. The smallest absolute Gasteiger partial charge is 0.335 e. The van der Waals surface area contributed by atoms with Crippen LogP contribution in [-0.4, -0.2) is 24.3 Å². The second kappa shape index (κ2) is 18.1. The Morgan fingerprint density at radius 2 is 0.814 bits per heavy atom. The standard InChI is InChI=1S/C64H38N5.Ir/c1-3-17-42(18-4-1)58-33-31-44(39-65-58)50-21-7-9-23-52(50)46-35-47(53-24-10-8-22-51(53)45-32-34-59(66-40-45)43-19-5-2-6-20-43)37-48(36-46)54-25-11-12-26-55(54)49-38-57-63(67-41-49)56-27-13-15-29-61(56)69-62-30-16-14-28-60(62)68-64(57)69;/h1-17,19,21-26,28-41H;/q-3;+3. The van der Waals surface area contributed by atoms with Crippen molar-refractivity contribution < 1.29 is 20.1 Å². The van der Waals surface area contributed by atoms with Crippen LogP contribution in [0.5, 0.6) is 0 Å². The number of rotatable bonds is 8. The fourth-order valence-corrected chi connectivity index (χ4v) is 9.82. The minimum Gasteiger partial charge on any atom is -0.335 e. The van der Waals surface area contributed by atoms with E-state index in [1.54, 1.807) is 0 Å². The molecule has 5 nitrogen and oxygen atoms in total. The van der Waals surface area contributed by atoms with Crippen molar-refractivity contribution in [3.05, 3.63) is 249 Å². The minimum atomic E-state index is 0. The van der Waals surface area contributed by atoms with Crippen LogP contribution in [-0.2, 0) is 20.1 Å². The van der Waals surface area contributed by atoms with E-state index >= 15 is 0 Å². The Bertz CT molecular complexity index is 3910. The number of para-hydroxylation sites is 2. The topological polar surface area (TPSA) is 56.0 Å². The maximum absolute atomic E-state index is 5.21. The molecule has 328 valence electrons. The summed E-state index contributed by atoms with van der Waals surface area (Å²) in [5.74, 6) is 0. The number of fused-ring (bicyclic) bond motifs is 8. The van der Waals surface area contributed by atoms with Crippen LogP contribution in [0.25, 0.3) is 128 Å². The molecule has 0 amide bonds. The summed E-state index contributed by atoms with van der Waals surface area (Å²) in [6.07, 6.45) is 5.95. The van der Waals surface area contributed by atoms with Gasteiger partial charge >= 0.3 is 20.1 Å². The number of nitrogens with zero attached hydrogens (tertiary/aromatic N) is 5. The van der Waals surface area contributed by atoms with Crippen LogP contribution in [0, 0.1) is 18.2 Å². The molecule has 0 aliphatic carbocycles. The molecule has 0 aliphatic heterocycles. The molecule has 13 rings (SSSR count). The Balaban J connectivity index is 0.00000505. The van der Waals surface area contributed by atoms with Gasteiger partial charge in [-0.3, -0.25) is 0 Å². The van der Waals surface area contributed by atoms with E-state index in [-0.39, 0.29) is 20.1 Å². The van der Waals surface area contributed by atoms with Crippen LogP contribution < -0.4 is 0 Å². The van der Waals surface area contributed by atoms with Gasteiger partial charge in [-0.05, 0) is 120 Å². The molecule has 0 radical (unpaired) electrons. The summed E-state index contributed by atoms with van der Waals surface area (Å²) < 4.78 is 2.25. The molecule has 0 N–H and O–H groups in total. The maximum Gasteiger partial charge on any atom is 3.00 e. The zero-order valence-corrected chi connectivity index (χ0v) is 39.9. The second-order valence-corrected chi connectivity index (χ2v) is 17.2. The van der Waals surface area contributed by atoms with Crippen molar-refractivity contribution in [2.45, 2.75) is 0 Å². The SMILES string of the molecule is [Ir+3].[c-]1ccccc1-c1ccc(-c2ccccc2-c2cc(-c3ccccc3-c3ccc(-c4[c-]cccc4)nc3)cc(-c3ccccc3-c3cnc4c5[c-]cccc5n5c6ccccc6nc5c4c3)c2)cn1. The van der Waals surface area contributed by atoms with Gasteiger partial charge < -0.3 is 19.4 Å². The van der Waals surface area contributed by atoms with Gasteiger partial charge in [0.25, 0.3) is 0 Å². The van der Waals surface area contributed by atoms with Crippen molar-refractivity contribution >= 4 is 38.5 Å². The molecule has 70 heavy (non-hydrogen) atoms. The molecule has 0 saturated heterocycles. The normalized spacial score (nSPS) is 11.3. The number of pyridine rings is 4. The van der Waals surface area contributed by atoms with E-state index in [1.165, 1.54) is 0 Å². The van der Waals surface area contributed by atoms with Crippen molar-refractivity contribution in [1.29, 1.82) is 0 Å². The predicted octanol–water partition coefficient (Wildman–Crippen LogP) is 15.7. The fourth-order valence-electron chi connectivity index (χ4n) is 9.82. The summed E-state index contributed by atoms with van der Waals surface area (Å²) in [6, 6.07) is 84.1. The van der Waals surface area contributed by atoms with E-state index in [4.69, 9.17) is 19.9 Å². The Labute approximate surface area is 418 Å². The van der Waals surface area contributed by atoms with E-state index in [0.29, 0.717) is 0 Å². The molecule has 13 aromatic rings. The number of hydrogen-bond donors (Lipinski definition) is 0. The summed E-state index contributed by atoms with van der Waals surface area (Å²) in [4.78, 5) is 20.3. The first-order valence-corrected chi connectivity index (χ1v) is 23.0. The number of benzene rings is 8. The zero-order chi connectivity index (χ0) is 45.7. The molecular formula is C64H38IrN5. The molecule has 0 saturated carbocycles. The molecule has 5 heterocycles. The Hall–Kier alpha value is -8.67. The summed E-state index contributed by atoms with van der Waals surface area (Å²) in [5, 5.41) is 1.93. The maximum atomic E-state index is 5.21. The van der Waals surface area contributed by atoms with Gasteiger partial charge in [-0.25, -0.2) is 4.98 Å². The molecule has 0 fully saturated rings. The van der Waals surface area contributed by atoms with Crippen LogP contribution in [0.15, 0.2) is 231 Å². The van der Waals surface area contributed by atoms with Crippen molar-refractivity contribution in [3.8, 4) is 89.3 Å². The first kappa shape index (κ1) is 42.7. The Morgan fingerprint density at radius 3 is 1.33 bits per heavy atom. The third-order valence-electron chi connectivity index (χ3n) is 13.1. The zero-order valence-electron chi connectivity index (χ0n) is 37.5. The van der Waals surface area contributed by atoms with Crippen molar-refractivity contribution in [2.24, 2.45) is 0 Å². The van der Waals surface area contributed by atoms with Gasteiger partial charge in [0, 0.05) is 29.5 Å². The molecule has 0 bridgehead atoms. The monoisotopic (exact) mass is 1070 g/mol. The summed E-state index contributed by atoms with van der Waals surface area (Å²) in [6.45, 7) is 0. The van der Waals surface area contributed by atoms with Gasteiger partial charge in [0.1, 0.15) is 5.65 Å². The summed E-state index contributed by atoms with van der Waals surface area (Å²) >= 11 is 0. The third kappa shape index (κ3) is 7.57. The number of imidazole rings is 1. The molecule has 5 aromatic heterocycles. The quantitative estimate of drug-likeness (QED) is 0.112.